The fraction of sp³-hybridized carbons (Fsp3) is 0.417. The van der Waals surface area contributed by atoms with Gasteiger partial charge in [-0.15, -0.1) is 11.8 Å². The molecule has 1 aromatic carbocycles. The first-order valence-electron chi connectivity index (χ1n) is 5.57. The van der Waals surface area contributed by atoms with Crippen molar-refractivity contribution in [2.75, 3.05) is 19.3 Å². The molecule has 0 radical (unpaired) electrons. The molecule has 1 aliphatic heterocycles. The van der Waals surface area contributed by atoms with E-state index in [1.807, 2.05) is 0 Å². The molecule has 0 bridgehead atoms. The number of likely N-dealkylation sites (N-methyl/N-ethyl adjacent to an activating group) is 1. The Morgan fingerprint density at radius 3 is 3.18 bits per heavy atom. The molecular weight excluding hydrogens is 239 g/mol. The highest BCUT2D eigenvalue weighted by Gasteiger charge is 2.22. The van der Waals surface area contributed by atoms with E-state index in [2.05, 4.69) is 10.6 Å². The van der Waals surface area contributed by atoms with Crippen molar-refractivity contribution in [2.45, 2.75) is 17.4 Å². The number of hydrogen-bond donors (Lipinski definition) is 2. The van der Waals surface area contributed by atoms with Gasteiger partial charge in [0.25, 0.3) is 0 Å². The molecule has 0 aliphatic carbocycles. The van der Waals surface area contributed by atoms with Crippen LogP contribution in [0.5, 0.6) is 0 Å². The van der Waals surface area contributed by atoms with Crippen molar-refractivity contribution < 1.29 is 9.18 Å². The Morgan fingerprint density at radius 1 is 1.59 bits per heavy atom. The number of nitrogens with one attached hydrogen (secondary N) is 2. The second-order valence-electron chi connectivity index (χ2n) is 3.97. The van der Waals surface area contributed by atoms with Crippen molar-refractivity contribution in [1.82, 2.24) is 10.6 Å². The maximum Gasteiger partial charge on any atom is 0.234 e. The molecule has 0 fully saturated rings. The summed E-state index contributed by atoms with van der Waals surface area (Å²) in [6.45, 7) is 0.286. The molecule has 5 heteroatoms. The Morgan fingerprint density at radius 2 is 2.41 bits per heavy atom. The molecule has 17 heavy (non-hydrogen) atoms. The lowest BCUT2D eigenvalue weighted by molar-refractivity contribution is -0.120. The molecule has 3 nitrogen and oxygen atoms in total. The minimum absolute atomic E-state index is 0.0559. The first-order valence-corrected chi connectivity index (χ1v) is 6.55. The largest absolute Gasteiger partial charge is 0.348 e. The van der Waals surface area contributed by atoms with Gasteiger partial charge >= 0.3 is 0 Å². The highest BCUT2D eigenvalue weighted by molar-refractivity contribution is 7.99. The van der Waals surface area contributed by atoms with Crippen molar-refractivity contribution in [2.24, 2.45) is 0 Å². The van der Waals surface area contributed by atoms with E-state index in [0.717, 1.165) is 22.6 Å². The van der Waals surface area contributed by atoms with E-state index in [0.29, 0.717) is 0 Å². The molecule has 92 valence electrons. The summed E-state index contributed by atoms with van der Waals surface area (Å²) in [7, 11) is 1.73. The molecule has 2 rings (SSSR count). The van der Waals surface area contributed by atoms with Crippen LogP contribution >= 0.6 is 11.8 Å². The van der Waals surface area contributed by atoms with Crippen LogP contribution in [-0.4, -0.2) is 25.3 Å². The monoisotopic (exact) mass is 254 g/mol. The molecular formula is C12H15FN2OS. The first kappa shape index (κ1) is 12.4. The number of amides is 1. The van der Waals surface area contributed by atoms with E-state index in [1.54, 1.807) is 24.9 Å². The molecule has 1 aliphatic rings. The van der Waals surface area contributed by atoms with Gasteiger partial charge in [-0.2, -0.15) is 0 Å². The summed E-state index contributed by atoms with van der Waals surface area (Å²) in [6.07, 6.45) is 0.844. The molecule has 0 saturated carbocycles. The number of carbonyl (C=O) groups is 1. The van der Waals surface area contributed by atoms with Crippen LogP contribution in [0.1, 0.15) is 18.0 Å². The summed E-state index contributed by atoms with van der Waals surface area (Å²) in [5.74, 6) is 0.641. The van der Waals surface area contributed by atoms with E-state index in [1.165, 1.54) is 12.1 Å². The fourth-order valence-electron chi connectivity index (χ4n) is 1.92. The minimum Gasteiger partial charge on any atom is -0.348 e. The topological polar surface area (TPSA) is 41.1 Å². The van der Waals surface area contributed by atoms with Crippen LogP contribution in [0.3, 0.4) is 0 Å². The normalized spacial score (nSPS) is 18.6. The van der Waals surface area contributed by atoms with Gasteiger partial charge in [0.05, 0.1) is 12.6 Å². The van der Waals surface area contributed by atoms with Gasteiger partial charge in [-0.1, -0.05) is 0 Å². The van der Waals surface area contributed by atoms with E-state index >= 15 is 0 Å². The first-order chi connectivity index (χ1) is 8.20. The zero-order valence-electron chi connectivity index (χ0n) is 9.63. The molecule has 0 spiro atoms. The van der Waals surface area contributed by atoms with Crippen LogP contribution in [0, 0.1) is 5.82 Å². The van der Waals surface area contributed by atoms with Gasteiger partial charge < -0.3 is 10.6 Å². The number of rotatable bonds is 3. The van der Waals surface area contributed by atoms with Crippen LogP contribution in [-0.2, 0) is 4.79 Å². The average molecular weight is 254 g/mol. The average Bonchev–Trinajstić information content (AvgIpc) is 2.30. The highest BCUT2D eigenvalue weighted by atomic mass is 32.2. The summed E-state index contributed by atoms with van der Waals surface area (Å²) in [4.78, 5) is 12.6. The molecule has 0 aromatic heterocycles. The third-order valence-corrected chi connectivity index (χ3v) is 3.81. The number of fused-ring (bicyclic) bond motifs is 1. The fourth-order valence-corrected chi connectivity index (χ4v) is 3.03. The van der Waals surface area contributed by atoms with Crippen LogP contribution < -0.4 is 10.6 Å². The van der Waals surface area contributed by atoms with Crippen molar-refractivity contribution >= 4 is 17.7 Å². The van der Waals surface area contributed by atoms with E-state index in [4.69, 9.17) is 0 Å². The molecule has 1 unspecified atom stereocenters. The quantitative estimate of drug-likeness (QED) is 0.862. The summed E-state index contributed by atoms with van der Waals surface area (Å²) in [5, 5.41) is 5.72. The molecule has 1 aromatic rings. The molecule has 1 atom stereocenters. The van der Waals surface area contributed by atoms with E-state index < -0.39 is 0 Å². The number of halogens is 1. The van der Waals surface area contributed by atoms with E-state index in [9.17, 15) is 9.18 Å². The number of hydrogen-bond acceptors (Lipinski definition) is 3. The lowest BCUT2D eigenvalue weighted by atomic mass is 10.0. The molecule has 1 amide bonds. The van der Waals surface area contributed by atoms with Crippen LogP contribution in [0.15, 0.2) is 23.1 Å². The Balaban J connectivity index is 2.16. The zero-order valence-corrected chi connectivity index (χ0v) is 10.4. The third-order valence-electron chi connectivity index (χ3n) is 2.68. The number of benzene rings is 1. The zero-order chi connectivity index (χ0) is 12.3. The van der Waals surface area contributed by atoms with Crippen molar-refractivity contribution in [3.63, 3.8) is 0 Å². The Labute approximate surface area is 104 Å². The smallest absolute Gasteiger partial charge is 0.234 e. The SMILES string of the molecule is CNCC(=O)NC1CCSc2ccc(F)cc21. The summed E-state index contributed by atoms with van der Waals surface area (Å²) in [6, 6.07) is 4.70. The van der Waals surface area contributed by atoms with Gasteiger partial charge in [-0.3, -0.25) is 4.79 Å². The summed E-state index contributed by atoms with van der Waals surface area (Å²) in [5.41, 5.74) is 0.894. The van der Waals surface area contributed by atoms with Crippen LogP contribution in [0.2, 0.25) is 0 Å². The maximum atomic E-state index is 13.2. The van der Waals surface area contributed by atoms with Crippen LogP contribution in [0.25, 0.3) is 0 Å². The minimum atomic E-state index is -0.251. The van der Waals surface area contributed by atoms with Crippen molar-refractivity contribution in [3.05, 3.63) is 29.6 Å². The van der Waals surface area contributed by atoms with E-state index in [-0.39, 0.29) is 24.3 Å². The molecule has 2 N–H and O–H groups in total. The van der Waals surface area contributed by atoms with Crippen molar-refractivity contribution in [1.29, 1.82) is 0 Å². The second kappa shape index (κ2) is 5.51. The predicted octanol–water partition coefficient (Wildman–Crippen LogP) is 1.70. The van der Waals surface area contributed by atoms with Gasteiger partial charge in [0.2, 0.25) is 5.91 Å². The number of thioether (sulfide) groups is 1. The number of carbonyl (C=O) groups excluding carboxylic acids is 1. The predicted molar refractivity (Wildman–Crippen MR) is 66.6 cm³/mol. The lowest BCUT2D eigenvalue weighted by Gasteiger charge is -2.26. The summed E-state index contributed by atoms with van der Waals surface area (Å²) >= 11 is 1.71. The standard InChI is InChI=1S/C12H15FN2OS/c1-14-7-12(16)15-10-4-5-17-11-3-2-8(13)6-9(10)11/h2-3,6,10,14H,4-5,7H2,1H3,(H,15,16). The van der Waals surface area contributed by atoms with Crippen molar-refractivity contribution in [3.8, 4) is 0 Å². The molecule has 1 heterocycles. The Hall–Kier alpha value is -1.07. The Bertz CT molecular complexity index is 425. The highest BCUT2D eigenvalue weighted by Crippen LogP contribution is 2.36. The maximum absolute atomic E-state index is 13.2. The summed E-state index contributed by atoms with van der Waals surface area (Å²) < 4.78 is 13.2. The van der Waals surface area contributed by atoms with Gasteiger partial charge in [0.15, 0.2) is 0 Å². The van der Waals surface area contributed by atoms with Crippen LogP contribution in [0.4, 0.5) is 4.39 Å². The molecule has 0 saturated heterocycles. The van der Waals surface area contributed by atoms with Gasteiger partial charge in [0.1, 0.15) is 5.82 Å². The van der Waals surface area contributed by atoms with Gasteiger partial charge in [-0.25, -0.2) is 4.39 Å². The Kier molecular flexibility index (Phi) is 4.02. The third kappa shape index (κ3) is 2.98. The van der Waals surface area contributed by atoms with Gasteiger partial charge in [0, 0.05) is 10.6 Å². The second-order valence-corrected chi connectivity index (χ2v) is 5.11. The van der Waals surface area contributed by atoms with Gasteiger partial charge in [-0.05, 0) is 37.2 Å². The lowest BCUT2D eigenvalue weighted by Crippen LogP contribution is -2.36.